The van der Waals surface area contributed by atoms with E-state index in [-0.39, 0.29) is 5.91 Å². The van der Waals surface area contributed by atoms with Gasteiger partial charge in [-0.05, 0) is 31.2 Å². The third kappa shape index (κ3) is 5.26. The maximum atomic E-state index is 12.1. The summed E-state index contributed by atoms with van der Waals surface area (Å²) in [6, 6.07) is 7.04. The third-order valence-electron chi connectivity index (χ3n) is 2.70. The van der Waals surface area contributed by atoms with Gasteiger partial charge in [0.05, 0.1) is 7.11 Å². The Balaban J connectivity index is 1.88. The van der Waals surface area contributed by atoms with Crippen molar-refractivity contribution in [3.05, 3.63) is 36.9 Å². The van der Waals surface area contributed by atoms with E-state index in [9.17, 15) is 4.79 Å². The van der Waals surface area contributed by atoms with E-state index >= 15 is 0 Å². The fraction of sp³-hybridized carbons (Fsp3) is 0.267. The minimum atomic E-state index is -0.656. The van der Waals surface area contributed by atoms with Crippen LogP contribution in [0.3, 0.4) is 0 Å². The molecular weight excluding hydrogens is 334 g/mol. The Morgan fingerprint density at radius 2 is 2.09 bits per heavy atom. The number of aromatic nitrogens is 2. The number of methoxy groups -OCH3 is 1. The molecule has 1 aromatic heterocycles. The Hall–Kier alpha value is -2.06. The van der Waals surface area contributed by atoms with Gasteiger partial charge in [-0.15, -0.1) is 16.8 Å². The number of benzene rings is 1. The van der Waals surface area contributed by atoms with E-state index in [1.165, 1.54) is 23.1 Å². The van der Waals surface area contributed by atoms with Crippen LogP contribution in [0.5, 0.6) is 11.5 Å². The smallest absolute Gasteiger partial charge is 0.266 e. The molecule has 8 heteroatoms. The number of ether oxygens (including phenoxy) is 2. The van der Waals surface area contributed by atoms with Crippen molar-refractivity contribution in [2.24, 2.45) is 0 Å². The number of carbonyl (C=O) groups is 1. The largest absolute Gasteiger partial charge is 0.497 e. The number of amides is 1. The van der Waals surface area contributed by atoms with Crippen LogP contribution in [-0.4, -0.2) is 35.1 Å². The van der Waals surface area contributed by atoms with Gasteiger partial charge in [0.15, 0.2) is 10.4 Å². The highest BCUT2D eigenvalue weighted by Crippen LogP contribution is 2.25. The number of nitrogens with one attached hydrogen (secondary N) is 1. The number of hydrogen-bond donors (Lipinski definition) is 1. The second-order valence-corrected chi connectivity index (χ2v) is 6.64. The molecule has 0 saturated heterocycles. The summed E-state index contributed by atoms with van der Waals surface area (Å²) in [5.74, 6) is 1.79. The number of carbonyl (C=O) groups excluding carboxylic acids is 1. The quantitative estimate of drug-likeness (QED) is 0.447. The molecule has 0 fully saturated rings. The zero-order chi connectivity index (χ0) is 16.7. The molecule has 0 spiro atoms. The third-order valence-corrected chi connectivity index (χ3v) is 4.67. The summed E-state index contributed by atoms with van der Waals surface area (Å²) >= 11 is 2.83. The monoisotopic (exact) mass is 351 g/mol. The van der Waals surface area contributed by atoms with E-state index in [4.69, 9.17) is 9.47 Å². The highest BCUT2D eigenvalue weighted by Gasteiger charge is 2.17. The fourth-order valence-electron chi connectivity index (χ4n) is 1.57. The van der Waals surface area contributed by atoms with Crippen molar-refractivity contribution in [1.29, 1.82) is 0 Å². The molecule has 2 aromatic rings. The lowest BCUT2D eigenvalue weighted by atomic mass is 10.3. The summed E-state index contributed by atoms with van der Waals surface area (Å²) in [5, 5.41) is 11.1. The minimum Gasteiger partial charge on any atom is -0.497 e. The van der Waals surface area contributed by atoms with Crippen molar-refractivity contribution in [2.45, 2.75) is 17.4 Å². The topological polar surface area (TPSA) is 73.3 Å². The number of nitrogens with zero attached hydrogens (tertiary/aromatic N) is 2. The lowest BCUT2D eigenvalue weighted by molar-refractivity contribution is -0.122. The van der Waals surface area contributed by atoms with Crippen LogP contribution < -0.4 is 14.8 Å². The molecule has 0 unspecified atom stereocenters. The SMILES string of the molecule is C=CCSc1nnc(NC(=O)[C@@H](C)Oc2ccc(OC)cc2)s1. The van der Waals surface area contributed by atoms with Crippen molar-refractivity contribution in [1.82, 2.24) is 10.2 Å². The average Bonchev–Trinajstić information content (AvgIpc) is 3.01. The molecular formula is C15H17N3O3S2. The summed E-state index contributed by atoms with van der Waals surface area (Å²) in [7, 11) is 1.59. The van der Waals surface area contributed by atoms with E-state index < -0.39 is 6.10 Å². The van der Waals surface area contributed by atoms with Crippen LogP contribution in [0, 0.1) is 0 Å². The molecule has 1 aromatic carbocycles. The predicted molar refractivity (Wildman–Crippen MR) is 92.5 cm³/mol. The Labute approximate surface area is 142 Å². The van der Waals surface area contributed by atoms with Gasteiger partial charge in [0.1, 0.15) is 11.5 Å². The summed E-state index contributed by atoms with van der Waals surface area (Å²) in [5.41, 5.74) is 0. The average molecular weight is 351 g/mol. The first kappa shape index (κ1) is 17.3. The lowest BCUT2D eigenvalue weighted by Crippen LogP contribution is -2.30. The van der Waals surface area contributed by atoms with Gasteiger partial charge in [0.2, 0.25) is 5.13 Å². The van der Waals surface area contributed by atoms with Crippen LogP contribution in [0.25, 0.3) is 0 Å². The van der Waals surface area contributed by atoms with Gasteiger partial charge in [0, 0.05) is 5.75 Å². The molecule has 122 valence electrons. The number of thioether (sulfide) groups is 1. The zero-order valence-electron chi connectivity index (χ0n) is 12.8. The fourth-order valence-corrected chi connectivity index (χ4v) is 3.08. The molecule has 0 saturated carbocycles. The molecule has 0 aliphatic rings. The second kappa shape index (κ2) is 8.54. The van der Waals surface area contributed by atoms with Gasteiger partial charge >= 0.3 is 0 Å². The normalized spacial score (nSPS) is 11.6. The Bertz CT molecular complexity index is 658. The van der Waals surface area contributed by atoms with Gasteiger partial charge in [0.25, 0.3) is 5.91 Å². The molecule has 0 aliphatic carbocycles. The zero-order valence-corrected chi connectivity index (χ0v) is 14.4. The first-order chi connectivity index (χ1) is 11.1. The van der Waals surface area contributed by atoms with E-state index in [0.29, 0.717) is 10.9 Å². The highest BCUT2D eigenvalue weighted by molar-refractivity contribution is 8.01. The van der Waals surface area contributed by atoms with Crippen LogP contribution in [0.2, 0.25) is 0 Å². The van der Waals surface area contributed by atoms with Gasteiger partial charge < -0.3 is 9.47 Å². The second-order valence-electron chi connectivity index (χ2n) is 4.40. The van der Waals surface area contributed by atoms with Crippen molar-refractivity contribution in [3.63, 3.8) is 0 Å². The van der Waals surface area contributed by atoms with E-state index in [1.807, 2.05) is 0 Å². The molecule has 23 heavy (non-hydrogen) atoms. The summed E-state index contributed by atoms with van der Waals surface area (Å²) < 4.78 is 11.4. The van der Waals surface area contributed by atoms with Crippen LogP contribution in [0.4, 0.5) is 5.13 Å². The molecule has 0 radical (unpaired) electrons. The first-order valence-corrected chi connectivity index (χ1v) is 8.61. The van der Waals surface area contributed by atoms with Crippen molar-refractivity contribution in [2.75, 3.05) is 18.2 Å². The highest BCUT2D eigenvalue weighted by atomic mass is 32.2. The van der Waals surface area contributed by atoms with Crippen molar-refractivity contribution >= 4 is 34.1 Å². The van der Waals surface area contributed by atoms with Crippen molar-refractivity contribution < 1.29 is 14.3 Å². The van der Waals surface area contributed by atoms with Crippen LogP contribution in [0.15, 0.2) is 41.3 Å². The summed E-state index contributed by atoms with van der Waals surface area (Å²) in [6.45, 7) is 5.32. The maximum Gasteiger partial charge on any atom is 0.266 e. The minimum absolute atomic E-state index is 0.280. The lowest BCUT2D eigenvalue weighted by Gasteiger charge is -2.13. The van der Waals surface area contributed by atoms with E-state index in [2.05, 4.69) is 22.1 Å². The molecule has 0 aliphatic heterocycles. The first-order valence-electron chi connectivity index (χ1n) is 6.81. The van der Waals surface area contributed by atoms with Crippen LogP contribution in [0.1, 0.15) is 6.92 Å². The number of rotatable bonds is 8. The van der Waals surface area contributed by atoms with Crippen LogP contribution in [-0.2, 0) is 4.79 Å². The Morgan fingerprint density at radius 1 is 1.39 bits per heavy atom. The standard InChI is InChI=1S/C15H17N3O3S2/c1-4-9-22-15-18-17-14(23-15)16-13(19)10(2)21-12-7-5-11(20-3)6-8-12/h4-8,10H,1,9H2,2-3H3,(H,16,17,19)/t10-/m1/s1. The molecule has 1 amide bonds. The van der Waals surface area contributed by atoms with Gasteiger partial charge in [-0.2, -0.15) is 0 Å². The van der Waals surface area contributed by atoms with Gasteiger partial charge in [-0.1, -0.05) is 29.2 Å². The predicted octanol–water partition coefficient (Wildman–Crippen LogP) is 3.23. The molecule has 0 bridgehead atoms. The molecule has 2 rings (SSSR count). The van der Waals surface area contributed by atoms with E-state index in [0.717, 1.165) is 15.8 Å². The van der Waals surface area contributed by atoms with Gasteiger partial charge in [-0.25, -0.2) is 0 Å². The number of hydrogen-bond acceptors (Lipinski definition) is 7. The summed E-state index contributed by atoms with van der Waals surface area (Å²) in [6.07, 6.45) is 1.13. The maximum absolute atomic E-state index is 12.1. The molecule has 6 nitrogen and oxygen atoms in total. The Morgan fingerprint density at radius 3 is 2.74 bits per heavy atom. The summed E-state index contributed by atoms with van der Waals surface area (Å²) in [4.78, 5) is 12.1. The number of anilines is 1. The van der Waals surface area contributed by atoms with E-state index in [1.54, 1.807) is 44.4 Å². The van der Waals surface area contributed by atoms with Crippen LogP contribution >= 0.6 is 23.1 Å². The van der Waals surface area contributed by atoms with Crippen molar-refractivity contribution in [3.8, 4) is 11.5 Å². The molecule has 1 atom stereocenters. The molecule has 1 N–H and O–H groups in total. The molecule has 1 heterocycles. The Kier molecular flexibility index (Phi) is 6.42. The van der Waals surface area contributed by atoms with Gasteiger partial charge in [-0.3, -0.25) is 10.1 Å².